The lowest BCUT2D eigenvalue weighted by Crippen LogP contribution is -2.18. The third kappa shape index (κ3) is 4.79. The molecule has 3 aromatic rings. The van der Waals surface area contributed by atoms with E-state index in [-0.39, 0.29) is 6.61 Å². The zero-order valence-electron chi connectivity index (χ0n) is 13.4. The lowest BCUT2D eigenvalue weighted by molar-refractivity contribution is -0.136. The van der Waals surface area contributed by atoms with Crippen molar-refractivity contribution in [3.63, 3.8) is 0 Å². The van der Waals surface area contributed by atoms with Gasteiger partial charge in [-0.3, -0.25) is 0 Å². The van der Waals surface area contributed by atoms with Crippen LogP contribution in [0.2, 0.25) is 10.0 Å². The molecule has 0 unspecified atom stereocenters. The van der Waals surface area contributed by atoms with E-state index in [1.807, 2.05) is 42.5 Å². The molecule has 0 saturated carbocycles. The van der Waals surface area contributed by atoms with Crippen molar-refractivity contribution < 1.29 is 14.3 Å². The molecule has 132 valence electrons. The SMILES string of the molecule is O=C(COc1cc(Cl)ccc1Cl)Oc1ccc(-c2ccccc2)cc1Br. The predicted octanol–water partition coefficient (Wildman–Crippen LogP) is 6.41. The van der Waals surface area contributed by atoms with E-state index in [4.69, 9.17) is 32.7 Å². The van der Waals surface area contributed by atoms with Gasteiger partial charge in [0.1, 0.15) is 11.5 Å². The molecule has 0 radical (unpaired) electrons. The van der Waals surface area contributed by atoms with Gasteiger partial charge in [-0.25, -0.2) is 4.79 Å². The van der Waals surface area contributed by atoms with Crippen molar-refractivity contribution in [2.24, 2.45) is 0 Å². The van der Waals surface area contributed by atoms with Crippen molar-refractivity contribution in [1.82, 2.24) is 0 Å². The van der Waals surface area contributed by atoms with Crippen LogP contribution in [0.15, 0.2) is 71.2 Å². The molecule has 0 atom stereocenters. The van der Waals surface area contributed by atoms with E-state index in [0.717, 1.165) is 11.1 Å². The van der Waals surface area contributed by atoms with Gasteiger partial charge in [-0.15, -0.1) is 0 Å². The molecule has 6 heteroatoms. The Morgan fingerprint density at radius 3 is 2.38 bits per heavy atom. The molecule has 3 aromatic carbocycles. The summed E-state index contributed by atoms with van der Waals surface area (Å²) in [6, 6.07) is 20.2. The Morgan fingerprint density at radius 2 is 1.65 bits per heavy atom. The van der Waals surface area contributed by atoms with Gasteiger partial charge >= 0.3 is 5.97 Å². The maximum absolute atomic E-state index is 12.0. The van der Waals surface area contributed by atoms with Crippen LogP contribution in [0.4, 0.5) is 0 Å². The van der Waals surface area contributed by atoms with Gasteiger partial charge in [-0.05, 0) is 51.3 Å². The molecule has 3 nitrogen and oxygen atoms in total. The third-order valence-corrected chi connectivity index (χ3v) is 4.67. The number of rotatable bonds is 5. The van der Waals surface area contributed by atoms with Gasteiger partial charge in [0.05, 0.1) is 9.50 Å². The van der Waals surface area contributed by atoms with E-state index in [9.17, 15) is 4.79 Å². The first-order chi connectivity index (χ1) is 12.5. The molecule has 0 aliphatic rings. The second-order valence-corrected chi connectivity index (χ2v) is 7.05. The van der Waals surface area contributed by atoms with Gasteiger partial charge in [0.15, 0.2) is 6.61 Å². The minimum absolute atomic E-state index is 0.285. The number of hydrogen-bond donors (Lipinski definition) is 0. The molecule has 0 aliphatic carbocycles. The Balaban J connectivity index is 1.65. The van der Waals surface area contributed by atoms with Gasteiger partial charge < -0.3 is 9.47 Å². The van der Waals surface area contributed by atoms with Crippen LogP contribution < -0.4 is 9.47 Å². The lowest BCUT2D eigenvalue weighted by Gasteiger charge is -2.10. The normalized spacial score (nSPS) is 10.4. The monoisotopic (exact) mass is 450 g/mol. The van der Waals surface area contributed by atoms with Crippen LogP contribution in [0.3, 0.4) is 0 Å². The molecule has 0 aliphatic heterocycles. The van der Waals surface area contributed by atoms with Crippen LogP contribution >= 0.6 is 39.1 Å². The van der Waals surface area contributed by atoms with Gasteiger partial charge in [0, 0.05) is 11.1 Å². The largest absolute Gasteiger partial charge is 0.480 e. The fourth-order valence-electron chi connectivity index (χ4n) is 2.27. The first-order valence-corrected chi connectivity index (χ1v) is 9.21. The molecule has 0 bridgehead atoms. The third-order valence-electron chi connectivity index (χ3n) is 3.50. The Bertz CT molecular complexity index is 930. The summed E-state index contributed by atoms with van der Waals surface area (Å²) in [4.78, 5) is 12.0. The quantitative estimate of drug-likeness (QED) is 0.332. The lowest BCUT2D eigenvalue weighted by atomic mass is 10.1. The van der Waals surface area contributed by atoms with Crippen LogP contribution in [0.1, 0.15) is 0 Å². The minimum atomic E-state index is -0.547. The van der Waals surface area contributed by atoms with E-state index in [2.05, 4.69) is 15.9 Å². The summed E-state index contributed by atoms with van der Waals surface area (Å²) in [5, 5.41) is 0.840. The molecule has 3 rings (SSSR count). The predicted molar refractivity (Wildman–Crippen MR) is 107 cm³/mol. The van der Waals surface area contributed by atoms with Crippen molar-refractivity contribution in [2.45, 2.75) is 0 Å². The number of esters is 1. The summed E-state index contributed by atoms with van der Waals surface area (Å²) < 4.78 is 11.4. The summed E-state index contributed by atoms with van der Waals surface area (Å²) >= 11 is 15.3. The maximum atomic E-state index is 12.0. The zero-order valence-corrected chi connectivity index (χ0v) is 16.5. The van der Waals surface area contributed by atoms with Gasteiger partial charge in [0.25, 0.3) is 0 Å². The van der Waals surface area contributed by atoms with Gasteiger partial charge in [-0.1, -0.05) is 59.6 Å². The van der Waals surface area contributed by atoms with Gasteiger partial charge in [0.2, 0.25) is 0 Å². The molecule has 0 N–H and O–H groups in total. The van der Waals surface area contributed by atoms with Crippen LogP contribution in [-0.4, -0.2) is 12.6 Å². The van der Waals surface area contributed by atoms with E-state index >= 15 is 0 Å². The van der Waals surface area contributed by atoms with E-state index in [0.29, 0.717) is 26.0 Å². The highest BCUT2D eigenvalue weighted by atomic mass is 79.9. The summed E-state index contributed by atoms with van der Waals surface area (Å²) in [5.41, 5.74) is 2.09. The van der Waals surface area contributed by atoms with Crippen LogP contribution in [0, 0.1) is 0 Å². The molecule has 26 heavy (non-hydrogen) atoms. The van der Waals surface area contributed by atoms with Crippen molar-refractivity contribution in [2.75, 3.05) is 6.61 Å². The van der Waals surface area contributed by atoms with Crippen molar-refractivity contribution >= 4 is 45.1 Å². The molecule has 0 saturated heterocycles. The smallest absolute Gasteiger partial charge is 0.349 e. The molecule has 0 heterocycles. The Morgan fingerprint density at radius 1 is 0.885 bits per heavy atom. The minimum Gasteiger partial charge on any atom is -0.480 e. The fraction of sp³-hybridized carbons (Fsp3) is 0.0500. The van der Waals surface area contributed by atoms with E-state index < -0.39 is 5.97 Å². The summed E-state index contributed by atoms with van der Waals surface area (Å²) in [6.45, 7) is -0.285. The van der Waals surface area contributed by atoms with Crippen LogP contribution in [0.25, 0.3) is 11.1 Å². The number of carbonyl (C=O) groups excluding carboxylic acids is 1. The molecule has 0 spiro atoms. The number of benzene rings is 3. The fourth-order valence-corrected chi connectivity index (χ4v) is 3.06. The zero-order chi connectivity index (χ0) is 18.5. The Hall–Kier alpha value is -2.01. The molecule has 0 amide bonds. The summed E-state index contributed by atoms with van der Waals surface area (Å²) in [5.74, 6) is 0.194. The van der Waals surface area contributed by atoms with Crippen LogP contribution in [0.5, 0.6) is 11.5 Å². The molecule has 0 aromatic heterocycles. The highest BCUT2D eigenvalue weighted by molar-refractivity contribution is 9.10. The second-order valence-electron chi connectivity index (χ2n) is 5.35. The summed E-state index contributed by atoms with van der Waals surface area (Å²) in [7, 11) is 0. The number of carbonyl (C=O) groups is 1. The number of halogens is 3. The molecular formula is C20H13BrCl2O3. The Kier molecular flexibility index (Phi) is 6.20. The summed E-state index contributed by atoms with van der Waals surface area (Å²) in [6.07, 6.45) is 0. The standard InChI is InChI=1S/C20H13BrCl2O3/c21-16-10-14(13-4-2-1-3-5-13)6-9-18(16)26-20(24)12-25-19-11-15(22)7-8-17(19)23/h1-11H,12H2. The van der Waals surface area contributed by atoms with Crippen molar-refractivity contribution in [1.29, 1.82) is 0 Å². The van der Waals surface area contributed by atoms with Crippen molar-refractivity contribution in [3.05, 3.63) is 81.2 Å². The average Bonchev–Trinajstić information content (AvgIpc) is 2.65. The van der Waals surface area contributed by atoms with E-state index in [1.165, 1.54) is 0 Å². The van der Waals surface area contributed by atoms with Gasteiger partial charge in [-0.2, -0.15) is 0 Å². The first-order valence-electron chi connectivity index (χ1n) is 7.66. The number of ether oxygens (including phenoxy) is 2. The second kappa shape index (κ2) is 8.58. The van der Waals surface area contributed by atoms with Crippen molar-refractivity contribution in [3.8, 4) is 22.6 Å². The first kappa shape index (κ1) is 18.8. The van der Waals surface area contributed by atoms with Crippen LogP contribution in [-0.2, 0) is 4.79 Å². The molecular weight excluding hydrogens is 439 g/mol. The Labute approximate surface area is 169 Å². The maximum Gasteiger partial charge on any atom is 0.349 e. The topological polar surface area (TPSA) is 35.5 Å². The van der Waals surface area contributed by atoms with E-state index in [1.54, 1.807) is 24.3 Å². The molecule has 0 fully saturated rings. The highest BCUT2D eigenvalue weighted by Gasteiger charge is 2.12. The average molecular weight is 452 g/mol. The highest BCUT2D eigenvalue weighted by Crippen LogP contribution is 2.31. The number of hydrogen-bond acceptors (Lipinski definition) is 3.